The SMILES string of the molecule is CCCCCc1ccc(CNC(=O)c2ccc(-c3nc(CN(C(=O)COc4ccccc4)c4ccc(O)c(C(=O)O)c4)cs3)cc2)cc1. The molecule has 5 aromatic rings. The molecule has 48 heavy (non-hydrogen) atoms. The fourth-order valence-electron chi connectivity index (χ4n) is 5.05. The van der Waals surface area contributed by atoms with Crippen LogP contribution in [0.2, 0.25) is 0 Å². The molecular weight excluding hydrogens is 627 g/mol. The zero-order valence-electron chi connectivity index (χ0n) is 26.6. The zero-order chi connectivity index (χ0) is 33.9. The van der Waals surface area contributed by atoms with E-state index in [2.05, 4.69) is 36.5 Å². The number of amides is 2. The number of aromatic hydroxyl groups is 1. The number of aromatic carboxylic acids is 1. The van der Waals surface area contributed by atoms with E-state index >= 15 is 0 Å². The van der Waals surface area contributed by atoms with E-state index in [0.29, 0.717) is 28.6 Å². The first-order chi connectivity index (χ1) is 23.3. The van der Waals surface area contributed by atoms with E-state index in [9.17, 15) is 24.6 Å². The summed E-state index contributed by atoms with van der Waals surface area (Å²) in [7, 11) is 0. The van der Waals surface area contributed by atoms with Crippen LogP contribution in [-0.2, 0) is 24.3 Å². The Kier molecular flexibility index (Phi) is 11.6. The van der Waals surface area contributed by atoms with Crippen molar-refractivity contribution in [1.82, 2.24) is 10.3 Å². The summed E-state index contributed by atoms with van der Waals surface area (Å²) in [5, 5.41) is 25.1. The van der Waals surface area contributed by atoms with Crippen molar-refractivity contribution in [1.29, 1.82) is 0 Å². The van der Waals surface area contributed by atoms with Crippen molar-refractivity contribution in [2.75, 3.05) is 11.5 Å². The highest BCUT2D eigenvalue weighted by atomic mass is 32.1. The Morgan fingerprint density at radius 2 is 1.62 bits per heavy atom. The van der Waals surface area contributed by atoms with Gasteiger partial charge in [-0.15, -0.1) is 11.3 Å². The maximum atomic E-state index is 13.4. The largest absolute Gasteiger partial charge is 0.507 e. The lowest BCUT2D eigenvalue weighted by atomic mass is 10.1. The molecular formula is C38H37N3O6S. The second kappa shape index (κ2) is 16.4. The topological polar surface area (TPSA) is 129 Å². The number of phenols is 1. The van der Waals surface area contributed by atoms with E-state index < -0.39 is 17.6 Å². The average molecular weight is 664 g/mol. The van der Waals surface area contributed by atoms with Gasteiger partial charge >= 0.3 is 5.97 Å². The van der Waals surface area contributed by atoms with E-state index in [4.69, 9.17) is 9.72 Å². The molecule has 4 aromatic carbocycles. The summed E-state index contributed by atoms with van der Waals surface area (Å²) in [5.74, 6) is -1.80. The van der Waals surface area contributed by atoms with Gasteiger partial charge in [0.2, 0.25) is 0 Å². The van der Waals surface area contributed by atoms with Gasteiger partial charge < -0.3 is 25.2 Å². The normalized spacial score (nSPS) is 10.8. The molecule has 9 nitrogen and oxygen atoms in total. The average Bonchev–Trinajstić information content (AvgIpc) is 3.58. The molecule has 0 spiro atoms. The molecule has 246 valence electrons. The molecule has 5 rings (SSSR count). The zero-order valence-corrected chi connectivity index (χ0v) is 27.4. The van der Waals surface area contributed by atoms with Crippen LogP contribution >= 0.6 is 11.3 Å². The summed E-state index contributed by atoms with van der Waals surface area (Å²) in [4.78, 5) is 44.0. The van der Waals surface area contributed by atoms with Gasteiger partial charge in [0.15, 0.2) is 6.61 Å². The molecule has 1 heterocycles. The minimum atomic E-state index is -1.32. The van der Waals surface area contributed by atoms with E-state index in [1.54, 1.807) is 36.4 Å². The molecule has 0 fully saturated rings. The molecule has 3 N–H and O–H groups in total. The number of nitrogens with zero attached hydrogens (tertiary/aromatic N) is 2. The predicted molar refractivity (Wildman–Crippen MR) is 187 cm³/mol. The van der Waals surface area contributed by atoms with Gasteiger partial charge in [0.25, 0.3) is 11.8 Å². The lowest BCUT2D eigenvalue weighted by Crippen LogP contribution is -2.34. The van der Waals surface area contributed by atoms with Crippen molar-refractivity contribution in [3.8, 4) is 22.1 Å². The summed E-state index contributed by atoms with van der Waals surface area (Å²) in [6.07, 6.45) is 4.68. The number of carbonyl (C=O) groups excluding carboxylic acids is 2. The smallest absolute Gasteiger partial charge is 0.339 e. The second-order valence-electron chi connectivity index (χ2n) is 11.3. The Morgan fingerprint density at radius 3 is 2.33 bits per heavy atom. The highest BCUT2D eigenvalue weighted by molar-refractivity contribution is 7.13. The van der Waals surface area contributed by atoms with Crippen molar-refractivity contribution in [3.63, 3.8) is 0 Å². The molecule has 0 unspecified atom stereocenters. The minimum Gasteiger partial charge on any atom is -0.507 e. The number of aryl methyl sites for hydroxylation is 1. The van der Waals surface area contributed by atoms with Crippen molar-refractivity contribution in [2.24, 2.45) is 0 Å². The Bertz CT molecular complexity index is 1840. The van der Waals surface area contributed by atoms with Crippen LogP contribution in [0.15, 0.2) is 102 Å². The molecule has 0 saturated carbocycles. The first-order valence-corrected chi connectivity index (χ1v) is 16.6. The monoisotopic (exact) mass is 663 g/mol. The van der Waals surface area contributed by atoms with Gasteiger partial charge in [0.05, 0.1) is 12.2 Å². The van der Waals surface area contributed by atoms with E-state index in [1.807, 2.05) is 23.6 Å². The standard InChI is InChI=1S/C38H37N3O6S/c1-2-3-5-8-26-11-13-27(14-12-26)22-39-36(44)28-15-17-29(18-16-28)37-40-30(25-48-37)23-41(31-19-20-34(42)33(21-31)38(45)46)35(43)24-47-32-9-6-4-7-10-32/h4,6-7,9-21,25,42H,2-3,5,8,22-24H2,1H3,(H,39,44)(H,45,46). The maximum absolute atomic E-state index is 13.4. The highest BCUT2D eigenvalue weighted by Crippen LogP contribution is 2.29. The third-order valence-electron chi connectivity index (χ3n) is 7.74. The van der Waals surface area contributed by atoms with E-state index in [0.717, 1.165) is 17.5 Å². The Balaban J connectivity index is 1.24. The summed E-state index contributed by atoms with van der Waals surface area (Å²) in [6, 6.07) is 28.4. The summed E-state index contributed by atoms with van der Waals surface area (Å²) in [5.41, 5.74) is 4.22. The summed E-state index contributed by atoms with van der Waals surface area (Å²) < 4.78 is 5.67. The third-order valence-corrected chi connectivity index (χ3v) is 8.68. The fraction of sp³-hybridized carbons (Fsp3) is 0.211. The number of ether oxygens (including phenoxy) is 1. The number of rotatable bonds is 15. The quantitative estimate of drug-likeness (QED) is 0.0990. The van der Waals surface area contributed by atoms with Crippen LogP contribution in [0.3, 0.4) is 0 Å². The number of anilines is 1. The second-order valence-corrected chi connectivity index (χ2v) is 12.1. The van der Waals surface area contributed by atoms with E-state index in [-0.39, 0.29) is 30.3 Å². The van der Waals surface area contributed by atoms with Gasteiger partial charge in [-0.3, -0.25) is 9.59 Å². The first kappa shape index (κ1) is 33.9. The lowest BCUT2D eigenvalue weighted by molar-refractivity contribution is -0.120. The predicted octanol–water partition coefficient (Wildman–Crippen LogP) is 7.49. The van der Waals surface area contributed by atoms with E-state index in [1.165, 1.54) is 59.3 Å². The van der Waals surface area contributed by atoms with Crippen LogP contribution in [-0.4, -0.2) is 39.6 Å². The Hall–Kier alpha value is -5.48. The molecule has 0 radical (unpaired) electrons. The summed E-state index contributed by atoms with van der Waals surface area (Å²) in [6.45, 7) is 2.38. The molecule has 1 aromatic heterocycles. The molecule has 0 aliphatic carbocycles. The fourth-order valence-corrected chi connectivity index (χ4v) is 5.87. The number of hydrogen-bond acceptors (Lipinski definition) is 7. The molecule has 0 saturated heterocycles. The highest BCUT2D eigenvalue weighted by Gasteiger charge is 2.22. The van der Waals surface area contributed by atoms with Gasteiger partial charge in [0.1, 0.15) is 22.1 Å². The van der Waals surface area contributed by atoms with Crippen LogP contribution in [0.1, 0.15) is 63.7 Å². The minimum absolute atomic E-state index is 0.0392. The van der Waals surface area contributed by atoms with Crippen LogP contribution in [0.25, 0.3) is 10.6 Å². The number of aromatic nitrogens is 1. The third kappa shape index (κ3) is 9.07. The Morgan fingerprint density at radius 1 is 0.896 bits per heavy atom. The number of nitrogens with one attached hydrogen (secondary N) is 1. The van der Waals surface area contributed by atoms with Crippen molar-refractivity contribution >= 4 is 34.8 Å². The van der Waals surface area contributed by atoms with Crippen LogP contribution < -0.4 is 15.0 Å². The first-order valence-electron chi connectivity index (χ1n) is 15.8. The number of hydrogen-bond donors (Lipinski definition) is 3. The van der Waals surface area contributed by atoms with Crippen LogP contribution in [0, 0.1) is 0 Å². The van der Waals surface area contributed by atoms with Crippen molar-refractivity contribution < 1.29 is 29.3 Å². The molecule has 0 atom stereocenters. The molecule has 2 amide bonds. The lowest BCUT2D eigenvalue weighted by Gasteiger charge is -2.23. The van der Waals surface area contributed by atoms with Crippen LogP contribution in [0.5, 0.6) is 11.5 Å². The van der Waals surface area contributed by atoms with Gasteiger partial charge in [-0.25, -0.2) is 9.78 Å². The molecule has 0 bridgehead atoms. The van der Waals surface area contributed by atoms with Crippen LogP contribution in [0.4, 0.5) is 5.69 Å². The van der Waals surface area contributed by atoms with Crippen molar-refractivity contribution in [3.05, 3.63) is 130 Å². The van der Waals surface area contributed by atoms with Crippen molar-refractivity contribution in [2.45, 2.75) is 45.7 Å². The van der Waals surface area contributed by atoms with Gasteiger partial charge in [-0.2, -0.15) is 0 Å². The maximum Gasteiger partial charge on any atom is 0.339 e. The number of carbonyl (C=O) groups is 3. The molecule has 0 aliphatic rings. The van der Waals surface area contributed by atoms with Gasteiger partial charge in [-0.05, 0) is 66.4 Å². The summed E-state index contributed by atoms with van der Waals surface area (Å²) >= 11 is 1.39. The van der Waals surface area contributed by atoms with Gasteiger partial charge in [0, 0.05) is 28.7 Å². The number of unbranched alkanes of at least 4 members (excludes halogenated alkanes) is 2. The number of para-hydroxylation sites is 1. The number of carboxylic acids is 1. The molecule has 10 heteroatoms. The van der Waals surface area contributed by atoms with Gasteiger partial charge in [-0.1, -0.05) is 74.4 Å². The number of thiazole rings is 1. The number of benzene rings is 4. The number of carboxylic acid groups (broad SMARTS) is 1. The Labute approximate surface area is 283 Å². The molecule has 0 aliphatic heterocycles.